The van der Waals surface area contributed by atoms with E-state index in [1.165, 1.54) is 32.4 Å². The van der Waals surface area contributed by atoms with Crippen LogP contribution in [-0.2, 0) is 16.6 Å². The molecular formula is C22H19ClN2O5S2. The number of thiazole rings is 1. The molecule has 0 bridgehead atoms. The second-order valence-electron chi connectivity index (χ2n) is 6.89. The summed E-state index contributed by atoms with van der Waals surface area (Å²) in [6.45, 7) is 0.367. The number of anilines is 1. The number of nitrogens with zero attached hydrogens (tertiary/aromatic N) is 1. The van der Waals surface area contributed by atoms with E-state index in [9.17, 15) is 13.2 Å². The Morgan fingerprint density at radius 3 is 2.38 bits per heavy atom. The summed E-state index contributed by atoms with van der Waals surface area (Å²) in [5, 5.41) is 0.619. The van der Waals surface area contributed by atoms with Gasteiger partial charge in [0.15, 0.2) is 11.5 Å². The Morgan fingerprint density at radius 2 is 1.69 bits per heavy atom. The molecule has 0 saturated carbocycles. The van der Waals surface area contributed by atoms with Gasteiger partial charge in [-0.25, -0.2) is 8.42 Å². The molecule has 1 heterocycles. The van der Waals surface area contributed by atoms with E-state index in [1.54, 1.807) is 34.9 Å². The lowest BCUT2D eigenvalue weighted by Gasteiger charge is -2.12. The van der Waals surface area contributed by atoms with Crippen LogP contribution in [0.3, 0.4) is 0 Å². The zero-order valence-corrected chi connectivity index (χ0v) is 19.6. The van der Waals surface area contributed by atoms with E-state index in [1.807, 2.05) is 12.1 Å². The molecule has 32 heavy (non-hydrogen) atoms. The van der Waals surface area contributed by atoms with Crippen molar-refractivity contribution in [3.05, 3.63) is 80.9 Å². The average molecular weight is 491 g/mol. The Labute approximate surface area is 193 Å². The number of fused-ring (bicyclic) bond motifs is 1. The van der Waals surface area contributed by atoms with Crippen molar-refractivity contribution >= 4 is 48.9 Å². The molecule has 0 fully saturated rings. The van der Waals surface area contributed by atoms with Gasteiger partial charge in [0.25, 0.3) is 10.0 Å². The van der Waals surface area contributed by atoms with Crippen molar-refractivity contribution in [2.75, 3.05) is 18.9 Å². The Hall–Kier alpha value is -3.01. The highest BCUT2D eigenvalue weighted by Crippen LogP contribution is 2.31. The van der Waals surface area contributed by atoms with Crippen LogP contribution in [0.1, 0.15) is 5.56 Å². The largest absolute Gasteiger partial charge is 0.493 e. The summed E-state index contributed by atoms with van der Waals surface area (Å²) in [5.41, 5.74) is 1.92. The third-order valence-electron chi connectivity index (χ3n) is 4.84. The van der Waals surface area contributed by atoms with Gasteiger partial charge in [0.1, 0.15) is 0 Å². The maximum atomic E-state index is 12.9. The van der Waals surface area contributed by atoms with Crippen molar-refractivity contribution < 1.29 is 17.9 Å². The quantitative estimate of drug-likeness (QED) is 0.409. The molecule has 0 unspecified atom stereocenters. The second-order valence-corrected chi connectivity index (χ2v) is 10.00. The first-order valence-electron chi connectivity index (χ1n) is 9.43. The molecule has 4 rings (SSSR count). The lowest BCUT2D eigenvalue weighted by atomic mass is 10.2. The van der Waals surface area contributed by atoms with Gasteiger partial charge in [-0.3, -0.25) is 14.1 Å². The smallest absolute Gasteiger partial charge is 0.308 e. The van der Waals surface area contributed by atoms with Gasteiger partial charge in [-0.1, -0.05) is 35.1 Å². The molecular weight excluding hydrogens is 472 g/mol. The highest BCUT2D eigenvalue weighted by atomic mass is 35.5. The number of nitrogens with one attached hydrogen (secondary N) is 1. The van der Waals surface area contributed by atoms with Gasteiger partial charge in [-0.2, -0.15) is 0 Å². The fraction of sp³-hybridized carbons (Fsp3) is 0.136. The molecule has 3 aromatic carbocycles. The number of benzene rings is 3. The second kappa shape index (κ2) is 8.85. The lowest BCUT2D eigenvalue weighted by Crippen LogP contribution is -2.14. The summed E-state index contributed by atoms with van der Waals surface area (Å²) < 4.78 is 41.0. The van der Waals surface area contributed by atoms with E-state index in [0.717, 1.165) is 16.9 Å². The van der Waals surface area contributed by atoms with E-state index < -0.39 is 10.0 Å². The van der Waals surface area contributed by atoms with Crippen molar-refractivity contribution in [2.24, 2.45) is 0 Å². The predicted molar refractivity (Wildman–Crippen MR) is 127 cm³/mol. The van der Waals surface area contributed by atoms with E-state index in [2.05, 4.69) is 4.72 Å². The van der Waals surface area contributed by atoms with Crippen LogP contribution in [0.4, 0.5) is 5.69 Å². The van der Waals surface area contributed by atoms with Crippen molar-refractivity contribution in [1.82, 2.24) is 4.57 Å². The topological polar surface area (TPSA) is 86.6 Å². The predicted octanol–water partition coefficient (Wildman–Crippen LogP) is 4.58. The standard InChI is InChI=1S/C22H19ClN2O5S2/c1-29-19-10-7-16(11-20(19)30-2)24-32(27,28)17-8-9-18-21(12-17)31-22(26)25(18)13-14-3-5-15(23)6-4-14/h3-12,24H,13H2,1-2H3. The number of halogens is 1. The molecule has 0 saturated heterocycles. The van der Waals surface area contributed by atoms with Gasteiger partial charge in [0.05, 0.1) is 41.6 Å². The molecule has 0 aliphatic heterocycles. The highest BCUT2D eigenvalue weighted by molar-refractivity contribution is 7.92. The first-order valence-corrected chi connectivity index (χ1v) is 12.1. The van der Waals surface area contributed by atoms with E-state index in [0.29, 0.717) is 39.0 Å². The van der Waals surface area contributed by atoms with Gasteiger partial charge in [-0.15, -0.1) is 0 Å². The minimum absolute atomic E-state index is 0.0553. The minimum atomic E-state index is -3.88. The number of hydrogen-bond donors (Lipinski definition) is 1. The zero-order valence-electron chi connectivity index (χ0n) is 17.2. The molecule has 0 atom stereocenters. The van der Waals surface area contributed by atoms with Crippen molar-refractivity contribution in [3.63, 3.8) is 0 Å². The number of rotatable bonds is 7. The van der Waals surface area contributed by atoms with Crippen LogP contribution in [0, 0.1) is 0 Å². The fourth-order valence-corrected chi connectivity index (χ4v) is 5.46. The van der Waals surface area contributed by atoms with Gasteiger partial charge in [0.2, 0.25) is 0 Å². The summed E-state index contributed by atoms with van der Waals surface area (Å²) in [6.07, 6.45) is 0. The van der Waals surface area contributed by atoms with Crippen molar-refractivity contribution in [3.8, 4) is 11.5 Å². The zero-order chi connectivity index (χ0) is 22.9. The normalized spacial score (nSPS) is 11.5. The molecule has 10 heteroatoms. The first kappa shape index (κ1) is 22.2. The highest BCUT2D eigenvalue weighted by Gasteiger charge is 2.18. The lowest BCUT2D eigenvalue weighted by molar-refractivity contribution is 0.355. The molecule has 0 aliphatic carbocycles. The number of methoxy groups -OCH3 is 2. The molecule has 166 valence electrons. The van der Waals surface area contributed by atoms with Crippen LogP contribution >= 0.6 is 22.9 Å². The van der Waals surface area contributed by atoms with E-state index in [-0.39, 0.29) is 9.77 Å². The maximum absolute atomic E-state index is 12.9. The van der Waals surface area contributed by atoms with Crippen LogP contribution in [0.25, 0.3) is 10.2 Å². The van der Waals surface area contributed by atoms with Crippen LogP contribution < -0.4 is 19.1 Å². The molecule has 0 spiro atoms. The summed E-state index contributed by atoms with van der Waals surface area (Å²) in [6, 6.07) is 16.6. The Bertz CT molecular complexity index is 1440. The van der Waals surface area contributed by atoms with Crippen molar-refractivity contribution in [1.29, 1.82) is 0 Å². The molecule has 7 nitrogen and oxygen atoms in total. The van der Waals surface area contributed by atoms with E-state index >= 15 is 0 Å². The van der Waals surface area contributed by atoms with Crippen molar-refractivity contribution in [2.45, 2.75) is 11.4 Å². The molecule has 4 aromatic rings. The Morgan fingerprint density at radius 1 is 0.969 bits per heavy atom. The molecule has 1 N–H and O–H groups in total. The van der Waals surface area contributed by atoms with Gasteiger partial charge in [0, 0.05) is 11.1 Å². The van der Waals surface area contributed by atoms with Gasteiger partial charge in [-0.05, 0) is 48.0 Å². The molecule has 0 radical (unpaired) electrons. The number of sulfonamides is 1. The monoisotopic (exact) mass is 490 g/mol. The Kier molecular flexibility index (Phi) is 6.14. The third-order valence-corrected chi connectivity index (χ3v) is 7.41. The third kappa shape index (κ3) is 4.45. The number of ether oxygens (including phenoxy) is 2. The number of aromatic nitrogens is 1. The van der Waals surface area contributed by atoms with E-state index in [4.69, 9.17) is 21.1 Å². The Balaban J connectivity index is 1.65. The summed E-state index contributed by atoms with van der Waals surface area (Å²) in [7, 11) is -0.908. The summed E-state index contributed by atoms with van der Waals surface area (Å²) in [4.78, 5) is 12.4. The van der Waals surface area contributed by atoms with Crippen LogP contribution in [0.15, 0.2) is 70.4 Å². The molecule has 0 aliphatic rings. The van der Waals surface area contributed by atoms with Crippen LogP contribution in [-0.4, -0.2) is 27.2 Å². The van der Waals surface area contributed by atoms with Gasteiger partial charge < -0.3 is 9.47 Å². The van der Waals surface area contributed by atoms with Gasteiger partial charge >= 0.3 is 4.87 Å². The number of hydrogen-bond acceptors (Lipinski definition) is 6. The minimum Gasteiger partial charge on any atom is -0.493 e. The average Bonchev–Trinajstić information content (AvgIpc) is 3.09. The SMILES string of the molecule is COc1ccc(NS(=O)(=O)c2ccc3c(c2)sc(=O)n3Cc2ccc(Cl)cc2)cc1OC. The summed E-state index contributed by atoms with van der Waals surface area (Å²) >= 11 is 6.93. The first-order chi connectivity index (χ1) is 15.3. The maximum Gasteiger partial charge on any atom is 0.308 e. The van der Waals surface area contributed by atoms with Crippen LogP contribution in [0.2, 0.25) is 5.02 Å². The van der Waals surface area contributed by atoms with Crippen LogP contribution in [0.5, 0.6) is 11.5 Å². The molecule has 0 amide bonds. The fourth-order valence-electron chi connectivity index (χ4n) is 3.25. The molecule has 1 aromatic heterocycles. The summed E-state index contributed by atoms with van der Waals surface area (Å²) in [5.74, 6) is 0.893.